The first-order valence-corrected chi connectivity index (χ1v) is 6.35. The average molecular weight is 270 g/mol. The van der Waals surface area contributed by atoms with Crippen molar-refractivity contribution in [2.24, 2.45) is 0 Å². The van der Waals surface area contributed by atoms with Crippen LogP contribution in [-0.2, 0) is 0 Å². The van der Waals surface area contributed by atoms with Crippen LogP contribution in [0.5, 0.6) is 5.75 Å². The number of pyridine rings is 1. The third-order valence-electron chi connectivity index (χ3n) is 3.03. The number of methoxy groups -OCH3 is 1. The molecule has 0 fully saturated rings. The van der Waals surface area contributed by atoms with Gasteiger partial charge in [-0.1, -0.05) is 29.8 Å². The van der Waals surface area contributed by atoms with Gasteiger partial charge in [-0.3, -0.25) is 0 Å². The van der Waals surface area contributed by atoms with Crippen LogP contribution in [0.4, 0.5) is 0 Å². The molecule has 0 aliphatic heterocycles. The zero-order chi connectivity index (χ0) is 13.2. The molecular formula is C16H12ClNO. The highest BCUT2D eigenvalue weighted by Gasteiger charge is 2.07. The Balaban J connectivity index is 2.18. The van der Waals surface area contributed by atoms with Gasteiger partial charge in [0.15, 0.2) is 0 Å². The molecule has 0 amide bonds. The number of nitrogens with zero attached hydrogens (tertiary/aromatic N) is 1. The molecule has 0 radical (unpaired) electrons. The van der Waals surface area contributed by atoms with Crippen molar-refractivity contribution in [1.82, 2.24) is 4.98 Å². The highest BCUT2D eigenvalue weighted by atomic mass is 35.5. The number of aromatic nitrogens is 1. The van der Waals surface area contributed by atoms with Crippen LogP contribution in [0.15, 0.2) is 54.6 Å². The van der Waals surface area contributed by atoms with Crippen molar-refractivity contribution in [3.8, 4) is 17.0 Å². The molecule has 0 saturated carbocycles. The second-order valence-corrected chi connectivity index (χ2v) is 4.67. The topological polar surface area (TPSA) is 22.1 Å². The summed E-state index contributed by atoms with van der Waals surface area (Å²) < 4.78 is 5.37. The molecule has 0 aliphatic carbocycles. The van der Waals surface area contributed by atoms with Crippen LogP contribution in [0, 0.1) is 0 Å². The van der Waals surface area contributed by atoms with Crippen LogP contribution in [-0.4, -0.2) is 12.1 Å². The number of benzene rings is 2. The van der Waals surface area contributed by atoms with E-state index in [1.807, 2.05) is 54.6 Å². The largest absolute Gasteiger partial charge is 0.496 e. The molecule has 2 aromatic carbocycles. The minimum atomic E-state index is 0.722. The zero-order valence-corrected chi connectivity index (χ0v) is 11.2. The first-order valence-electron chi connectivity index (χ1n) is 5.97. The first kappa shape index (κ1) is 12.0. The van der Waals surface area contributed by atoms with Crippen molar-refractivity contribution in [3.63, 3.8) is 0 Å². The molecule has 0 aliphatic rings. The number of para-hydroxylation sites is 1. The first-order chi connectivity index (χ1) is 9.28. The van der Waals surface area contributed by atoms with E-state index in [1.54, 1.807) is 7.11 Å². The standard InChI is InChI=1S/C16H12ClNO/c1-19-16-5-3-2-4-13(16)15-8-6-11-10-12(17)7-9-14(11)18-15/h2-10H,1H3. The van der Waals surface area contributed by atoms with E-state index in [-0.39, 0.29) is 0 Å². The highest BCUT2D eigenvalue weighted by Crippen LogP contribution is 2.29. The van der Waals surface area contributed by atoms with Gasteiger partial charge in [-0.05, 0) is 36.4 Å². The molecule has 0 spiro atoms. The lowest BCUT2D eigenvalue weighted by molar-refractivity contribution is 0.416. The summed E-state index contributed by atoms with van der Waals surface area (Å²) in [5.74, 6) is 0.823. The van der Waals surface area contributed by atoms with E-state index >= 15 is 0 Å². The fourth-order valence-electron chi connectivity index (χ4n) is 2.10. The maximum atomic E-state index is 5.98. The maximum absolute atomic E-state index is 5.98. The molecule has 2 nitrogen and oxygen atoms in total. The Hall–Kier alpha value is -2.06. The number of hydrogen-bond donors (Lipinski definition) is 0. The van der Waals surface area contributed by atoms with Gasteiger partial charge in [0.2, 0.25) is 0 Å². The quantitative estimate of drug-likeness (QED) is 0.680. The predicted octanol–water partition coefficient (Wildman–Crippen LogP) is 4.56. The van der Waals surface area contributed by atoms with Gasteiger partial charge in [0.25, 0.3) is 0 Å². The Labute approximate surface area is 116 Å². The van der Waals surface area contributed by atoms with E-state index in [1.165, 1.54) is 0 Å². The number of hydrogen-bond acceptors (Lipinski definition) is 2. The van der Waals surface area contributed by atoms with Gasteiger partial charge in [0, 0.05) is 16.0 Å². The lowest BCUT2D eigenvalue weighted by atomic mass is 10.1. The molecule has 0 bridgehead atoms. The van der Waals surface area contributed by atoms with Crippen LogP contribution in [0.1, 0.15) is 0 Å². The minimum absolute atomic E-state index is 0.722. The SMILES string of the molecule is COc1ccccc1-c1ccc2cc(Cl)ccc2n1. The Morgan fingerprint density at radius 2 is 1.84 bits per heavy atom. The molecule has 3 rings (SSSR count). The van der Waals surface area contributed by atoms with Crippen molar-refractivity contribution in [3.05, 3.63) is 59.6 Å². The van der Waals surface area contributed by atoms with E-state index < -0.39 is 0 Å². The summed E-state index contributed by atoms with van der Waals surface area (Å²) >= 11 is 5.98. The van der Waals surface area contributed by atoms with Gasteiger partial charge in [-0.2, -0.15) is 0 Å². The van der Waals surface area contributed by atoms with Gasteiger partial charge in [0.05, 0.1) is 18.3 Å². The Morgan fingerprint density at radius 1 is 1.00 bits per heavy atom. The summed E-state index contributed by atoms with van der Waals surface area (Å²) in [4.78, 5) is 4.66. The van der Waals surface area contributed by atoms with Crippen LogP contribution >= 0.6 is 11.6 Å². The van der Waals surface area contributed by atoms with Gasteiger partial charge in [-0.25, -0.2) is 4.98 Å². The zero-order valence-electron chi connectivity index (χ0n) is 10.4. The average Bonchev–Trinajstić information content (AvgIpc) is 2.46. The van der Waals surface area contributed by atoms with E-state index in [2.05, 4.69) is 4.98 Å². The van der Waals surface area contributed by atoms with E-state index in [9.17, 15) is 0 Å². The molecule has 1 aromatic heterocycles. The lowest BCUT2D eigenvalue weighted by Crippen LogP contribution is -1.90. The van der Waals surface area contributed by atoms with Crippen molar-refractivity contribution in [2.75, 3.05) is 7.11 Å². The predicted molar refractivity (Wildman–Crippen MR) is 78.7 cm³/mol. The van der Waals surface area contributed by atoms with Gasteiger partial charge < -0.3 is 4.74 Å². The molecule has 0 unspecified atom stereocenters. The van der Waals surface area contributed by atoms with Crippen LogP contribution in [0.3, 0.4) is 0 Å². The Bertz CT molecular complexity index is 740. The van der Waals surface area contributed by atoms with Crippen LogP contribution < -0.4 is 4.74 Å². The van der Waals surface area contributed by atoms with Crippen molar-refractivity contribution in [2.45, 2.75) is 0 Å². The summed E-state index contributed by atoms with van der Waals surface area (Å²) in [6.07, 6.45) is 0. The maximum Gasteiger partial charge on any atom is 0.128 e. The fourth-order valence-corrected chi connectivity index (χ4v) is 2.28. The smallest absolute Gasteiger partial charge is 0.128 e. The molecule has 0 N–H and O–H groups in total. The summed E-state index contributed by atoms with van der Waals surface area (Å²) in [7, 11) is 1.67. The summed E-state index contributed by atoms with van der Waals surface area (Å²) in [5.41, 5.74) is 2.81. The van der Waals surface area contributed by atoms with Gasteiger partial charge in [-0.15, -0.1) is 0 Å². The van der Waals surface area contributed by atoms with Gasteiger partial charge >= 0.3 is 0 Å². The minimum Gasteiger partial charge on any atom is -0.496 e. The third kappa shape index (κ3) is 2.27. The summed E-state index contributed by atoms with van der Waals surface area (Å²) in [6.45, 7) is 0. The van der Waals surface area contributed by atoms with E-state index in [0.717, 1.165) is 32.9 Å². The third-order valence-corrected chi connectivity index (χ3v) is 3.27. The Kier molecular flexibility index (Phi) is 3.10. The molecule has 3 aromatic rings. The number of halogens is 1. The number of ether oxygens (including phenoxy) is 1. The number of fused-ring (bicyclic) bond motifs is 1. The van der Waals surface area contributed by atoms with E-state index in [0.29, 0.717) is 0 Å². The number of rotatable bonds is 2. The fraction of sp³-hybridized carbons (Fsp3) is 0.0625. The summed E-state index contributed by atoms with van der Waals surface area (Å²) in [6, 6.07) is 17.6. The molecule has 0 saturated heterocycles. The molecule has 1 heterocycles. The highest BCUT2D eigenvalue weighted by molar-refractivity contribution is 6.31. The second kappa shape index (κ2) is 4.90. The second-order valence-electron chi connectivity index (χ2n) is 4.23. The van der Waals surface area contributed by atoms with Crippen LogP contribution in [0.2, 0.25) is 5.02 Å². The van der Waals surface area contributed by atoms with Crippen molar-refractivity contribution in [1.29, 1.82) is 0 Å². The monoisotopic (exact) mass is 269 g/mol. The molecular weight excluding hydrogens is 258 g/mol. The van der Waals surface area contributed by atoms with Crippen molar-refractivity contribution >= 4 is 22.5 Å². The normalized spacial score (nSPS) is 10.6. The molecule has 0 atom stereocenters. The molecule has 94 valence electrons. The van der Waals surface area contributed by atoms with Crippen LogP contribution in [0.25, 0.3) is 22.2 Å². The Morgan fingerprint density at radius 3 is 2.68 bits per heavy atom. The van der Waals surface area contributed by atoms with Crippen molar-refractivity contribution < 1.29 is 4.74 Å². The molecule has 3 heteroatoms. The molecule has 19 heavy (non-hydrogen) atoms. The van der Waals surface area contributed by atoms with E-state index in [4.69, 9.17) is 16.3 Å². The summed E-state index contributed by atoms with van der Waals surface area (Å²) in [5, 5.41) is 1.76. The lowest BCUT2D eigenvalue weighted by Gasteiger charge is -2.08. The van der Waals surface area contributed by atoms with Gasteiger partial charge in [0.1, 0.15) is 5.75 Å².